The average Bonchev–Trinajstić information content (AvgIpc) is 2.34. The Bertz CT molecular complexity index is 412. The van der Waals surface area contributed by atoms with Crippen molar-refractivity contribution in [1.82, 2.24) is 5.32 Å². The average molecular weight is 317 g/mol. The maximum atomic E-state index is 13.6. The smallest absolute Gasteiger partial charge is 0.254 e. The maximum absolute atomic E-state index is 13.6. The number of hydrogen-bond donors (Lipinski definition) is 2. The summed E-state index contributed by atoms with van der Waals surface area (Å²) in [6.45, 7) is 2.44. The first kappa shape index (κ1) is 15.1. The van der Waals surface area contributed by atoms with E-state index in [0.717, 1.165) is 19.3 Å². The van der Waals surface area contributed by atoms with Crippen molar-refractivity contribution in [2.45, 2.75) is 32.2 Å². The lowest BCUT2D eigenvalue weighted by molar-refractivity contribution is 0.0931. The third kappa shape index (κ3) is 4.38. The lowest BCUT2D eigenvalue weighted by atomic mass is 10.1. The quantitative estimate of drug-likeness (QED) is 0.848. The van der Waals surface area contributed by atoms with Gasteiger partial charge in [-0.2, -0.15) is 0 Å². The molecule has 0 aromatic heterocycles. The van der Waals surface area contributed by atoms with Crippen LogP contribution in [0.2, 0.25) is 0 Å². The van der Waals surface area contributed by atoms with Crippen molar-refractivity contribution in [1.29, 1.82) is 0 Å². The Morgan fingerprint density at radius 2 is 2.28 bits per heavy atom. The van der Waals surface area contributed by atoms with Gasteiger partial charge < -0.3 is 11.1 Å². The minimum Gasteiger partial charge on any atom is -0.348 e. The highest BCUT2D eigenvalue weighted by Gasteiger charge is 2.15. The van der Waals surface area contributed by atoms with Gasteiger partial charge in [0.1, 0.15) is 5.82 Å². The molecule has 0 aliphatic heterocycles. The summed E-state index contributed by atoms with van der Waals surface area (Å²) in [5.41, 5.74) is 5.64. The molecule has 18 heavy (non-hydrogen) atoms. The number of carbonyl (C=O) groups excluding carboxylic acids is 1. The predicted molar refractivity (Wildman–Crippen MR) is 73.9 cm³/mol. The van der Waals surface area contributed by atoms with Crippen LogP contribution in [-0.2, 0) is 0 Å². The fourth-order valence-electron chi connectivity index (χ4n) is 1.64. The van der Waals surface area contributed by atoms with Crippen molar-refractivity contribution in [3.63, 3.8) is 0 Å². The first-order valence-corrected chi connectivity index (χ1v) is 6.83. The van der Waals surface area contributed by atoms with Crippen LogP contribution in [0.3, 0.4) is 0 Å². The minimum atomic E-state index is -0.534. The second-order valence-electron chi connectivity index (χ2n) is 4.17. The van der Waals surface area contributed by atoms with E-state index < -0.39 is 11.7 Å². The first-order valence-electron chi connectivity index (χ1n) is 6.04. The minimum absolute atomic E-state index is 0.0492. The van der Waals surface area contributed by atoms with Crippen molar-refractivity contribution >= 4 is 21.8 Å². The van der Waals surface area contributed by atoms with Crippen LogP contribution in [0.25, 0.3) is 0 Å². The number of benzene rings is 1. The number of rotatable bonds is 6. The van der Waals surface area contributed by atoms with Gasteiger partial charge in [0.25, 0.3) is 5.91 Å². The lowest BCUT2D eigenvalue weighted by Crippen LogP contribution is -2.40. The van der Waals surface area contributed by atoms with Crippen molar-refractivity contribution in [3.8, 4) is 0 Å². The zero-order valence-electron chi connectivity index (χ0n) is 10.4. The summed E-state index contributed by atoms with van der Waals surface area (Å²) < 4.78 is 14.2. The van der Waals surface area contributed by atoms with Crippen molar-refractivity contribution in [2.24, 2.45) is 5.73 Å². The van der Waals surface area contributed by atoms with Crippen molar-refractivity contribution in [3.05, 3.63) is 34.1 Å². The molecule has 0 aliphatic rings. The molecule has 5 heteroatoms. The van der Waals surface area contributed by atoms with Gasteiger partial charge >= 0.3 is 0 Å². The predicted octanol–water partition coefficient (Wildman–Crippen LogP) is 2.84. The zero-order valence-corrected chi connectivity index (χ0v) is 12.0. The van der Waals surface area contributed by atoms with Gasteiger partial charge in [-0.05, 0) is 24.6 Å². The van der Waals surface area contributed by atoms with Crippen LogP contribution in [0, 0.1) is 5.82 Å². The Morgan fingerprint density at radius 1 is 1.56 bits per heavy atom. The van der Waals surface area contributed by atoms with Gasteiger partial charge in [-0.3, -0.25) is 4.79 Å². The first-order chi connectivity index (χ1) is 8.58. The molecule has 0 spiro atoms. The summed E-state index contributed by atoms with van der Waals surface area (Å²) in [7, 11) is 0. The number of carbonyl (C=O) groups is 1. The second-order valence-corrected chi connectivity index (χ2v) is 5.09. The largest absolute Gasteiger partial charge is 0.348 e. The summed E-state index contributed by atoms with van der Waals surface area (Å²) in [6.07, 6.45) is 2.85. The van der Waals surface area contributed by atoms with Crippen LogP contribution in [0.1, 0.15) is 36.5 Å². The monoisotopic (exact) mass is 316 g/mol. The van der Waals surface area contributed by atoms with Crippen LogP contribution in [0.5, 0.6) is 0 Å². The van der Waals surface area contributed by atoms with E-state index >= 15 is 0 Å². The Hall–Kier alpha value is -0.940. The molecule has 0 bridgehead atoms. The topological polar surface area (TPSA) is 55.1 Å². The number of hydrogen-bond acceptors (Lipinski definition) is 2. The molecule has 0 saturated heterocycles. The van der Waals surface area contributed by atoms with Gasteiger partial charge in [-0.1, -0.05) is 35.7 Å². The molecule has 1 aromatic rings. The SMILES string of the molecule is CCCCC(CN)NC(=O)c1ccc(Br)cc1F. The molecule has 1 amide bonds. The summed E-state index contributed by atoms with van der Waals surface area (Å²) in [5, 5.41) is 2.76. The van der Waals surface area contributed by atoms with Gasteiger partial charge in [-0.25, -0.2) is 4.39 Å². The molecular formula is C13H18BrFN2O. The molecule has 1 atom stereocenters. The van der Waals surface area contributed by atoms with Crippen LogP contribution in [0.15, 0.2) is 22.7 Å². The molecule has 0 radical (unpaired) electrons. The summed E-state index contributed by atoms with van der Waals surface area (Å²) in [5.74, 6) is -0.945. The molecule has 0 aliphatic carbocycles. The van der Waals surface area contributed by atoms with Crippen LogP contribution in [-0.4, -0.2) is 18.5 Å². The Kier molecular flexibility index (Phi) is 6.29. The van der Waals surface area contributed by atoms with E-state index in [1.807, 2.05) is 0 Å². The fourth-order valence-corrected chi connectivity index (χ4v) is 1.97. The summed E-state index contributed by atoms with van der Waals surface area (Å²) in [6, 6.07) is 4.28. The van der Waals surface area contributed by atoms with E-state index in [1.54, 1.807) is 6.07 Å². The number of halogens is 2. The number of amides is 1. The molecule has 1 aromatic carbocycles. The molecule has 1 unspecified atom stereocenters. The van der Waals surface area contributed by atoms with Gasteiger partial charge in [0.2, 0.25) is 0 Å². The van der Waals surface area contributed by atoms with Crippen LogP contribution >= 0.6 is 15.9 Å². The van der Waals surface area contributed by atoms with Crippen LogP contribution < -0.4 is 11.1 Å². The normalized spacial score (nSPS) is 12.2. The Labute approximate surface area is 115 Å². The van der Waals surface area contributed by atoms with E-state index in [1.165, 1.54) is 12.1 Å². The van der Waals surface area contributed by atoms with E-state index in [2.05, 4.69) is 28.2 Å². The Balaban J connectivity index is 2.68. The van der Waals surface area contributed by atoms with E-state index in [0.29, 0.717) is 11.0 Å². The van der Waals surface area contributed by atoms with Gasteiger partial charge in [0, 0.05) is 17.1 Å². The molecular weight excluding hydrogens is 299 g/mol. The second kappa shape index (κ2) is 7.48. The van der Waals surface area contributed by atoms with Crippen LogP contribution in [0.4, 0.5) is 4.39 Å². The number of nitrogens with two attached hydrogens (primary N) is 1. The Morgan fingerprint density at radius 3 is 2.83 bits per heavy atom. The van der Waals surface area contributed by atoms with Crippen molar-refractivity contribution in [2.75, 3.05) is 6.54 Å². The third-order valence-corrected chi connectivity index (χ3v) is 3.19. The maximum Gasteiger partial charge on any atom is 0.254 e. The lowest BCUT2D eigenvalue weighted by Gasteiger charge is -2.16. The van der Waals surface area contributed by atoms with Gasteiger partial charge in [0.15, 0.2) is 0 Å². The fraction of sp³-hybridized carbons (Fsp3) is 0.462. The van der Waals surface area contributed by atoms with Gasteiger partial charge in [-0.15, -0.1) is 0 Å². The highest BCUT2D eigenvalue weighted by atomic mass is 79.9. The molecule has 0 saturated carbocycles. The van der Waals surface area contributed by atoms with E-state index in [-0.39, 0.29) is 11.6 Å². The molecule has 0 fully saturated rings. The number of nitrogens with one attached hydrogen (secondary N) is 1. The van der Waals surface area contributed by atoms with Gasteiger partial charge in [0.05, 0.1) is 5.56 Å². The summed E-state index contributed by atoms with van der Waals surface area (Å²) >= 11 is 3.15. The molecule has 100 valence electrons. The third-order valence-electron chi connectivity index (χ3n) is 2.70. The highest BCUT2D eigenvalue weighted by molar-refractivity contribution is 9.10. The van der Waals surface area contributed by atoms with Crippen molar-refractivity contribution < 1.29 is 9.18 Å². The molecule has 3 nitrogen and oxygen atoms in total. The standard InChI is InChI=1S/C13H18BrFN2O/c1-2-3-4-10(8-16)17-13(18)11-6-5-9(14)7-12(11)15/h5-7,10H,2-4,8,16H2,1H3,(H,17,18). The number of unbranched alkanes of at least 4 members (excludes halogenated alkanes) is 1. The molecule has 3 N–H and O–H groups in total. The summed E-state index contributed by atoms with van der Waals surface area (Å²) in [4.78, 5) is 11.9. The molecule has 0 heterocycles. The molecule has 1 rings (SSSR count). The van der Waals surface area contributed by atoms with E-state index in [4.69, 9.17) is 5.73 Å². The highest BCUT2D eigenvalue weighted by Crippen LogP contribution is 2.15. The zero-order chi connectivity index (χ0) is 13.5. The van der Waals surface area contributed by atoms with E-state index in [9.17, 15) is 9.18 Å².